The molecule has 0 spiro atoms. The van der Waals surface area contributed by atoms with E-state index in [9.17, 15) is 18.0 Å². The molecule has 2 amide bonds. The van der Waals surface area contributed by atoms with Crippen LogP contribution in [0.2, 0.25) is 5.02 Å². The maximum absolute atomic E-state index is 12.3. The molecule has 0 aliphatic carbocycles. The van der Waals surface area contributed by atoms with Crippen molar-refractivity contribution in [2.45, 2.75) is 12.8 Å². The molecule has 5 nitrogen and oxygen atoms in total. The third kappa shape index (κ3) is 6.42. The monoisotopic (exact) mass is 374 g/mol. The van der Waals surface area contributed by atoms with Gasteiger partial charge in [0.25, 0.3) is 0 Å². The molecule has 0 bridgehead atoms. The summed E-state index contributed by atoms with van der Waals surface area (Å²) in [5.74, 6) is 0.0273. The van der Waals surface area contributed by atoms with Crippen LogP contribution in [0.3, 0.4) is 0 Å². The lowest BCUT2D eigenvalue weighted by Crippen LogP contribution is -2.30. The topological polar surface area (TPSA) is 73.6 Å². The number of nitrogens with two attached hydrogens (primary N) is 1. The van der Waals surface area contributed by atoms with Crippen molar-refractivity contribution in [3.8, 4) is 17.2 Å². The molecule has 2 aromatic rings. The second-order valence-corrected chi connectivity index (χ2v) is 5.33. The van der Waals surface area contributed by atoms with Crippen molar-refractivity contribution < 1.29 is 27.4 Å². The highest BCUT2D eigenvalue weighted by molar-refractivity contribution is 6.32. The fraction of sp³-hybridized carbons (Fsp3) is 0.188. The standard InChI is InChI=1S/C16H14ClF3N2O3/c17-13-6-5-12(9-14(13)25-16(18,19)20)24-11-3-1-10(2-4-11)7-8-22-15(21)23/h1-6,9H,7-8H2,(H3,21,22,23). The van der Waals surface area contributed by atoms with E-state index in [2.05, 4.69) is 10.1 Å². The van der Waals surface area contributed by atoms with Gasteiger partial charge < -0.3 is 20.5 Å². The Morgan fingerprint density at radius 1 is 1.12 bits per heavy atom. The second-order valence-electron chi connectivity index (χ2n) is 4.93. The third-order valence-corrected chi connectivity index (χ3v) is 3.31. The summed E-state index contributed by atoms with van der Waals surface area (Å²) < 4.78 is 46.3. The summed E-state index contributed by atoms with van der Waals surface area (Å²) in [7, 11) is 0. The largest absolute Gasteiger partial charge is 0.573 e. The highest BCUT2D eigenvalue weighted by Gasteiger charge is 2.32. The number of urea groups is 1. The lowest BCUT2D eigenvalue weighted by molar-refractivity contribution is -0.274. The van der Waals surface area contributed by atoms with E-state index in [1.54, 1.807) is 24.3 Å². The number of rotatable bonds is 6. The number of nitrogens with one attached hydrogen (secondary N) is 1. The van der Waals surface area contributed by atoms with E-state index in [1.807, 2.05) is 0 Å². The third-order valence-electron chi connectivity index (χ3n) is 3.00. The molecule has 0 aliphatic heterocycles. The first-order valence-corrected chi connectivity index (χ1v) is 7.46. The Kier molecular flexibility index (Phi) is 5.97. The van der Waals surface area contributed by atoms with Gasteiger partial charge in [-0.25, -0.2) is 4.79 Å². The lowest BCUT2D eigenvalue weighted by atomic mass is 10.1. The number of benzene rings is 2. The number of ether oxygens (including phenoxy) is 2. The van der Waals surface area contributed by atoms with Crippen molar-refractivity contribution in [2.75, 3.05) is 6.54 Å². The number of primary amides is 1. The van der Waals surface area contributed by atoms with Gasteiger partial charge in [0, 0.05) is 12.6 Å². The highest BCUT2D eigenvalue weighted by Crippen LogP contribution is 2.34. The first-order valence-electron chi connectivity index (χ1n) is 7.08. The predicted octanol–water partition coefficient (Wildman–Crippen LogP) is 4.24. The van der Waals surface area contributed by atoms with Gasteiger partial charge in [0.15, 0.2) is 5.75 Å². The van der Waals surface area contributed by atoms with E-state index in [0.717, 1.165) is 11.6 Å². The van der Waals surface area contributed by atoms with Crippen LogP contribution in [-0.2, 0) is 6.42 Å². The van der Waals surface area contributed by atoms with Crippen LogP contribution < -0.4 is 20.5 Å². The number of carbonyl (C=O) groups excluding carboxylic acids is 1. The van der Waals surface area contributed by atoms with E-state index < -0.39 is 18.1 Å². The Labute approximate surface area is 146 Å². The smallest absolute Gasteiger partial charge is 0.457 e. The van der Waals surface area contributed by atoms with Crippen LogP contribution in [0.15, 0.2) is 42.5 Å². The van der Waals surface area contributed by atoms with Gasteiger partial charge in [-0.2, -0.15) is 0 Å². The molecule has 3 N–H and O–H groups in total. The van der Waals surface area contributed by atoms with Crippen molar-refractivity contribution in [2.24, 2.45) is 5.73 Å². The van der Waals surface area contributed by atoms with Crippen LogP contribution in [-0.4, -0.2) is 18.9 Å². The fourth-order valence-corrected chi connectivity index (χ4v) is 2.10. The van der Waals surface area contributed by atoms with Crippen LogP contribution in [0, 0.1) is 0 Å². The van der Waals surface area contributed by atoms with E-state index in [0.29, 0.717) is 18.7 Å². The molecular formula is C16H14ClF3N2O3. The minimum Gasteiger partial charge on any atom is -0.457 e. The Morgan fingerprint density at radius 2 is 1.76 bits per heavy atom. The average molecular weight is 375 g/mol. The number of hydrogen-bond acceptors (Lipinski definition) is 3. The van der Waals surface area contributed by atoms with Crippen molar-refractivity contribution in [1.82, 2.24) is 5.32 Å². The van der Waals surface area contributed by atoms with Crippen LogP contribution in [0.1, 0.15) is 5.56 Å². The quantitative estimate of drug-likeness (QED) is 0.794. The second kappa shape index (κ2) is 7.98. The number of carbonyl (C=O) groups is 1. The lowest BCUT2D eigenvalue weighted by Gasteiger charge is -2.12. The van der Waals surface area contributed by atoms with Gasteiger partial charge in [-0.3, -0.25) is 0 Å². The van der Waals surface area contributed by atoms with Crippen molar-refractivity contribution in [1.29, 1.82) is 0 Å². The molecule has 0 heterocycles. The predicted molar refractivity (Wildman–Crippen MR) is 85.9 cm³/mol. The van der Waals surface area contributed by atoms with Gasteiger partial charge in [0.05, 0.1) is 5.02 Å². The van der Waals surface area contributed by atoms with Crippen LogP contribution >= 0.6 is 11.6 Å². The normalized spacial score (nSPS) is 11.0. The number of hydrogen-bond donors (Lipinski definition) is 2. The molecule has 0 saturated heterocycles. The van der Waals surface area contributed by atoms with Crippen molar-refractivity contribution in [3.05, 3.63) is 53.1 Å². The summed E-state index contributed by atoms with van der Waals surface area (Å²) >= 11 is 5.68. The first kappa shape index (κ1) is 18.7. The van der Waals surface area contributed by atoms with Gasteiger partial charge >= 0.3 is 12.4 Å². The molecule has 0 aliphatic rings. The average Bonchev–Trinajstić information content (AvgIpc) is 2.51. The Bertz CT molecular complexity index is 736. The van der Waals surface area contributed by atoms with E-state index >= 15 is 0 Å². The van der Waals surface area contributed by atoms with Crippen molar-refractivity contribution in [3.63, 3.8) is 0 Å². The summed E-state index contributed by atoms with van der Waals surface area (Å²) in [5, 5.41) is 2.29. The Morgan fingerprint density at radius 3 is 2.36 bits per heavy atom. The Hall–Kier alpha value is -2.61. The summed E-state index contributed by atoms with van der Waals surface area (Å²) in [5.41, 5.74) is 5.90. The molecule has 0 unspecified atom stereocenters. The summed E-state index contributed by atoms with van der Waals surface area (Å²) in [6.07, 6.45) is -4.27. The Balaban J connectivity index is 2.02. The molecular weight excluding hydrogens is 361 g/mol. The zero-order valence-electron chi connectivity index (χ0n) is 12.8. The zero-order valence-corrected chi connectivity index (χ0v) is 13.5. The summed E-state index contributed by atoms with van der Waals surface area (Å²) in [6.45, 7) is 0.394. The molecule has 25 heavy (non-hydrogen) atoms. The molecule has 2 aromatic carbocycles. The first-order chi connectivity index (χ1) is 11.7. The SMILES string of the molecule is NC(=O)NCCc1ccc(Oc2ccc(Cl)c(OC(F)(F)F)c2)cc1. The molecule has 0 aromatic heterocycles. The molecule has 0 radical (unpaired) electrons. The molecule has 134 valence electrons. The van der Waals surface area contributed by atoms with Gasteiger partial charge in [-0.1, -0.05) is 23.7 Å². The molecule has 0 saturated carbocycles. The number of halogens is 4. The van der Waals surface area contributed by atoms with Gasteiger partial charge in [0.1, 0.15) is 11.5 Å². The zero-order chi connectivity index (χ0) is 18.4. The minimum atomic E-state index is -4.84. The molecule has 0 fully saturated rings. The van der Waals surface area contributed by atoms with Crippen LogP contribution in [0.4, 0.5) is 18.0 Å². The maximum atomic E-state index is 12.3. The van der Waals surface area contributed by atoms with E-state index in [1.165, 1.54) is 12.1 Å². The van der Waals surface area contributed by atoms with Crippen LogP contribution in [0.25, 0.3) is 0 Å². The van der Waals surface area contributed by atoms with E-state index in [-0.39, 0.29) is 10.8 Å². The molecule has 9 heteroatoms. The summed E-state index contributed by atoms with van der Waals surface area (Å²) in [6, 6.07) is 9.97. The van der Waals surface area contributed by atoms with Gasteiger partial charge in [-0.15, -0.1) is 13.2 Å². The molecule has 0 atom stereocenters. The number of amides is 2. The van der Waals surface area contributed by atoms with Crippen LogP contribution in [0.5, 0.6) is 17.2 Å². The number of alkyl halides is 3. The fourth-order valence-electron chi connectivity index (χ4n) is 1.94. The summed E-state index contributed by atoms with van der Waals surface area (Å²) in [4.78, 5) is 10.6. The highest BCUT2D eigenvalue weighted by atomic mass is 35.5. The molecule has 2 rings (SSSR count). The van der Waals surface area contributed by atoms with Crippen molar-refractivity contribution >= 4 is 17.6 Å². The van der Waals surface area contributed by atoms with Gasteiger partial charge in [-0.05, 0) is 36.2 Å². The van der Waals surface area contributed by atoms with Gasteiger partial charge in [0.2, 0.25) is 0 Å². The van der Waals surface area contributed by atoms with E-state index in [4.69, 9.17) is 22.1 Å². The maximum Gasteiger partial charge on any atom is 0.573 e. The minimum absolute atomic E-state index is 0.145.